The van der Waals surface area contributed by atoms with E-state index >= 15 is 0 Å². The number of rotatable bonds is 6. The number of primary amides is 1. The second kappa shape index (κ2) is 7.03. The summed E-state index contributed by atoms with van der Waals surface area (Å²) in [4.78, 5) is 20.8. The van der Waals surface area contributed by atoms with Gasteiger partial charge >= 0.3 is 0 Å². The van der Waals surface area contributed by atoms with E-state index in [1.165, 1.54) is 18.2 Å². The third kappa shape index (κ3) is 4.45. The van der Waals surface area contributed by atoms with E-state index in [0.29, 0.717) is 12.4 Å². The number of carbonyl (C=O) groups is 1. The molecule has 0 unspecified atom stereocenters. The normalized spacial score (nSPS) is 10.5. The summed E-state index contributed by atoms with van der Waals surface area (Å²) in [6, 6.07) is 13.3. The number of nitrogens with zero attached hydrogens (tertiary/aromatic N) is 1. The molecule has 0 heterocycles. The lowest BCUT2D eigenvalue weighted by Gasteiger charge is -2.06. The molecule has 0 bridgehead atoms. The molecule has 2 aromatic carbocycles. The molecule has 1 amide bonds. The Bertz CT molecular complexity index is 691. The summed E-state index contributed by atoms with van der Waals surface area (Å²) in [5.41, 5.74) is 6.74. The van der Waals surface area contributed by atoms with Crippen LogP contribution in [0.4, 0.5) is 5.69 Å². The highest BCUT2D eigenvalue weighted by Crippen LogP contribution is 2.17. The summed E-state index contributed by atoms with van der Waals surface area (Å²) in [6.45, 7) is 0.314. The molecule has 0 aliphatic rings. The third-order valence-electron chi connectivity index (χ3n) is 2.87. The molecule has 2 N–H and O–H groups in total. The highest BCUT2D eigenvalue weighted by Gasteiger charge is 2.04. The topological polar surface area (TPSA) is 95.5 Å². The molecule has 0 aromatic heterocycles. The Morgan fingerprint density at radius 2 is 1.77 bits per heavy atom. The van der Waals surface area contributed by atoms with Crippen LogP contribution in [0.3, 0.4) is 0 Å². The number of nitrogens with two attached hydrogens (primary N) is 1. The van der Waals surface area contributed by atoms with Crippen molar-refractivity contribution < 1.29 is 14.5 Å². The van der Waals surface area contributed by atoms with E-state index in [2.05, 4.69) is 0 Å². The summed E-state index contributed by atoms with van der Waals surface area (Å²) < 4.78 is 5.59. The number of nitro benzene ring substituents is 1. The van der Waals surface area contributed by atoms with E-state index in [4.69, 9.17) is 10.5 Å². The van der Waals surface area contributed by atoms with E-state index in [9.17, 15) is 14.9 Å². The molecule has 0 aliphatic carbocycles. The van der Waals surface area contributed by atoms with Crippen molar-refractivity contribution in [2.24, 2.45) is 5.73 Å². The zero-order valence-corrected chi connectivity index (χ0v) is 11.6. The van der Waals surface area contributed by atoms with Gasteiger partial charge in [0, 0.05) is 18.2 Å². The average Bonchev–Trinajstić information content (AvgIpc) is 2.52. The summed E-state index contributed by atoms with van der Waals surface area (Å²) in [6.07, 6.45) is 2.90. The fourth-order valence-corrected chi connectivity index (χ4v) is 1.73. The standard InChI is InChI=1S/C16H14N2O4/c17-16(19)10-5-12-3-8-15(9-4-12)22-11-13-1-6-14(7-2-13)18(20)21/h1-10H,11H2,(H2,17,19)/b10-5+. The molecule has 0 atom stereocenters. The van der Waals surface area contributed by atoms with Gasteiger partial charge in [0.15, 0.2) is 0 Å². The van der Waals surface area contributed by atoms with Gasteiger partial charge in [-0.25, -0.2) is 0 Å². The van der Waals surface area contributed by atoms with Crippen molar-refractivity contribution in [3.63, 3.8) is 0 Å². The zero-order valence-electron chi connectivity index (χ0n) is 11.6. The molecule has 0 spiro atoms. The van der Waals surface area contributed by atoms with Crippen LogP contribution in [0.1, 0.15) is 11.1 Å². The number of hydrogen-bond acceptors (Lipinski definition) is 4. The number of non-ortho nitro benzene ring substituents is 1. The molecule has 112 valence electrons. The third-order valence-corrected chi connectivity index (χ3v) is 2.87. The second-order valence-corrected chi connectivity index (χ2v) is 4.52. The van der Waals surface area contributed by atoms with Gasteiger partial charge in [-0.2, -0.15) is 0 Å². The fraction of sp³-hybridized carbons (Fsp3) is 0.0625. The van der Waals surface area contributed by atoms with Crippen molar-refractivity contribution in [2.45, 2.75) is 6.61 Å². The average molecular weight is 298 g/mol. The summed E-state index contributed by atoms with van der Waals surface area (Å²) in [5.74, 6) is 0.160. The Morgan fingerprint density at radius 1 is 1.14 bits per heavy atom. The van der Waals surface area contributed by atoms with E-state index in [1.807, 2.05) is 0 Å². The minimum Gasteiger partial charge on any atom is -0.489 e. The van der Waals surface area contributed by atoms with Gasteiger partial charge < -0.3 is 10.5 Å². The van der Waals surface area contributed by atoms with Crippen molar-refractivity contribution in [3.8, 4) is 5.75 Å². The van der Waals surface area contributed by atoms with Gasteiger partial charge in [0.2, 0.25) is 5.91 Å². The van der Waals surface area contributed by atoms with Crippen LogP contribution in [0.15, 0.2) is 54.6 Å². The van der Waals surface area contributed by atoms with Gasteiger partial charge in [-0.15, -0.1) is 0 Å². The predicted octanol–water partition coefficient (Wildman–Crippen LogP) is 2.67. The SMILES string of the molecule is NC(=O)/C=C/c1ccc(OCc2ccc([N+](=O)[O-])cc2)cc1. The van der Waals surface area contributed by atoms with Crippen LogP contribution in [0.5, 0.6) is 5.75 Å². The van der Waals surface area contributed by atoms with E-state index in [0.717, 1.165) is 11.1 Å². The van der Waals surface area contributed by atoms with Gasteiger partial charge in [-0.3, -0.25) is 14.9 Å². The van der Waals surface area contributed by atoms with Crippen molar-refractivity contribution in [2.75, 3.05) is 0 Å². The van der Waals surface area contributed by atoms with Gasteiger partial charge in [-0.1, -0.05) is 12.1 Å². The van der Waals surface area contributed by atoms with Crippen molar-refractivity contribution in [1.82, 2.24) is 0 Å². The molecule has 22 heavy (non-hydrogen) atoms. The van der Waals surface area contributed by atoms with Gasteiger partial charge in [0.1, 0.15) is 12.4 Å². The van der Waals surface area contributed by atoms with Gasteiger partial charge in [0.05, 0.1) is 4.92 Å². The van der Waals surface area contributed by atoms with Crippen molar-refractivity contribution in [3.05, 3.63) is 75.8 Å². The first kappa shape index (κ1) is 15.2. The molecule has 6 heteroatoms. The zero-order chi connectivity index (χ0) is 15.9. The van der Waals surface area contributed by atoms with E-state index in [1.54, 1.807) is 42.5 Å². The first-order valence-corrected chi connectivity index (χ1v) is 6.48. The van der Waals surface area contributed by atoms with Crippen LogP contribution >= 0.6 is 0 Å². The minimum atomic E-state index is -0.501. The summed E-state index contributed by atoms with van der Waals surface area (Å²) in [5, 5.41) is 10.6. The summed E-state index contributed by atoms with van der Waals surface area (Å²) >= 11 is 0. The number of ether oxygens (including phenoxy) is 1. The van der Waals surface area contributed by atoms with E-state index < -0.39 is 10.8 Å². The van der Waals surface area contributed by atoms with Crippen LogP contribution in [-0.2, 0) is 11.4 Å². The molecular formula is C16H14N2O4. The number of benzene rings is 2. The lowest BCUT2D eigenvalue weighted by molar-refractivity contribution is -0.384. The number of amides is 1. The Balaban J connectivity index is 1.94. The number of carbonyl (C=O) groups excluding carboxylic acids is 1. The minimum absolute atomic E-state index is 0.0503. The Labute approximate surface area is 127 Å². The maximum Gasteiger partial charge on any atom is 0.269 e. The molecule has 2 rings (SSSR count). The molecule has 0 fully saturated rings. The van der Waals surface area contributed by atoms with Crippen LogP contribution in [0.25, 0.3) is 6.08 Å². The smallest absolute Gasteiger partial charge is 0.269 e. The van der Waals surface area contributed by atoms with Gasteiger partial charge in [-0.05, 0) is 41.5 Å². The van der Waals surface area contributed by atoms with E-state index in [-0.39, 0.29) is 5.69 Å². The Morgan fingerprint density at radius 3 is 2.32 bits per heavy atom. The molecular weight excluding hydrogens is 284 g/mol. The Kier molecular flexibility index (Phi) is 4.87. The van der Waals surface area contributed by atoms with Crippen LogP contribution in [0.2, 0.25) is 0 Å². The predicted molar refractivity (Wildman–Crippen MR) is 82.1 cm³/mol. The van der Waals surface area contributed by atoms with Crippen LogP contribution in [-0.4, -0.2) is 10.8 Å². The number of hydrogen-bond donors (Lipinski definition) is 1. The Hall–Kier alpha value is -3.15. The highest BCUT2D eigenvalue weighted by molar-refractivity contribution is 5.90. The lowest BCUT2D eigenvalue weighted by atomic mass is 10.2. The molecule has 0 radical (unpaired) electrons. The monoisotopic (exact) mass is 298 g/mol. The molecule has 6 nitrogen and oxygen atoms in total. The van der Waals surface area contributed by atoms with Crippen LogP contribution < -0.4 is 10.5 Å². The first-order chi connectivity index (χ1) is 10.5. The maximum atomic E-state index is 10.6. The lowest BCUT2D eigenvalue weighted by Crippen LogP contribution is -2.05. The molecule has 2 aromatic rings. The molecule has 0 saturated heterocycles. The fourth-order valence-electron chi connectivity index (χ4n) is 1.73. The second-order valence-electron chi connectivity index (χ2n) is 4.52. The van der Waals surface area contributed by atoms with Crippen LogP contribution in [0, 0.1) is 10.1 Å². The summed E-state index contributed by atoms with van der Waals surface area (Å²) in [7, 11) is 0. The first-order valence-electron chi connectivity index (χ1n) is 6.48. The quantitative estimate of drug-likeness (QED) is 0.504. The highest BCUT2D eigenvalue weighted by atomic mass is 16.6. The number of nitro groups is 1. The van der Waals surface area contributed by atoms with Crippen molar-refractivity contribution >= 4 is 17.7 Å². The molecule has 0 aliphatic heterocycles. The maximum absolute atomic E-state index is 10.6. The van der Waals surface area contributed by atoms with Crippen molar-refractivity contribution in [1.29, 1.82) is 0 Å². The largest absolute Gasteiger partial charge is 0.489 e. The molecule has 0 saturated carbocycles. The van der Waals surface area contributed by atoms with Gasteiger partial charge in [0.25, 0.3) is 5.69 Å².